The van der Waals surface area contributed by atoms with Gasteiger partial charge in [-0.25, -0.2) is 0 Å². The summed E-state index contributed by atoms with van der Waals surface area (Å²) in [5.41, 5.74) is 2.07. The van der Waals surface area contributed by atoms with Crippen molar-refractivity contribution in [1.82, 2.24) is 10.5 Å². The van der Waals surface area contributed by atoms with Gasteiger partial charge in [-0.3, -0.25) is 0 Å². The van der Waals surface area contributed by atoms with Crippen molar-refractivity contribution in [2.45, 2.75) is 19.6 Å². The third kappa shape index (κ3) is 2.85. The van der Waals surface area contributed by atoms with Crippen LogP contribution in [0.5, 0.6) is 5.75 Å². The molecule has 0 saturated heterocycles. The molecule has 0 aliphatic heterocycles. The molecule has 0 aliphatic rings. The first-order chi connectivity index (χ1) is 8.31. The maximum absolute atomic E-state index is 5.76. The van der Waals surface area contributed by atoms with E-state index in [2.05, 4.69) is 23.5 Å². The molecule has 0 bridgehead atoms. The van der Waals surface area contributed by atoms with E-state index in [0.29, 0.717) is 6.61 Å². The maximum atomic E-state index is 5.76. The minimum Gasteiger partial charge on any atom is -0.488 e. The topological polar surface area (TPSA) is 47.3 Å². The third-order valence-electron chi connectivity index (χ3n) is 2.70. The second-order valence-electron chi connectivity index (χ2n) is 3.87. The summed E-state index contributed by atoms with van der Waals surface area (Å²) in [6.07, 6.45) is 3.24. The van der Waals surface area contributed by atoms with Crippen LogP contribution in [0.4, 0.5) is 0 Å². The van der Waals surface area contributed by atoms with Crippen molar-refractivity contribution < 1.29 is 9.26 Å². The fraction of sp³-hybridized carbons (Fsp3) is 0.308. The molecule has 0 radical (unpaired) electrons. The highest BCUT2D eigenvalue weighted by atomic mass is 16.5. The largest absolute Gasteiger partial charge is 0.488 e. The van der Waals surface area contributed by atoms with Crippen molar-refractivity contribution >= 4 is 0 Å². The predicted molar refractivity (Wildman–Crippen MR) is 64.8 cm³/mol. The molecule has 2 aromatic rings. The monoisotopic (exact) mass is 232 g/mol. The van der Waals surface area contributed by atoms with Gasteiger partial charge in [-0.05, 0) is 20.0 Å². The standard InChI is InChI=1S/C13H16N2O2/c1-10(14-2)12-5-3-4-6-13(12)16-8-11-7-15-17-9-11/h3-7,9-10,14H,8H2,1-2H3. The van der Waals surface area contributed by atoms with Gasteiger partial charge in [0.05, 0.1) is 6.20 Å². The van der Waals surface area contributed by atoms with Gasteiger partial charge in [-0.1, -0.05) is 23.4 Å². The van der Waals surface area contributed by atoms with E-state index in [9.17, 15) is 0 Å². The number of hydrogen-bond donors (Lipinski definition) is 1. The predicted octanol–water partition coefficient (Wildman–Crippen LogP) is 2.53. The number of nitrogens with one attached hydrogen (secondary N) is 1. The van der Waals surface area contributed by atoms with Crippen LogP contribution in [-0.4, -0.2) is 12.2 Å². The Morgan fingerprint density at radius 3 is 2.94 bits per heavy atom. The molecule has 0 aliphatic carbocycles. The van der Waals surface area contributed by atoms with Crippen LogP contribution in [0.15, 0.2) is 41.2 Å². The van der Waals surface area contributed by atoms with E-state index >= 15 is 0 Å². The smallest absolute Gasteiger partial charge is 0.130 e. The van der Waals surface area contributed by atoms with E-state index in [4.69, 9.17) is 9.26 Å². The van der Waals surface area contributed by atoms with Gasteiger partial charge < -0.3 is 14.6 Å². The van der Waals surface area contributed by atoms with E-state index in [1.54, 1.807) is 12.5 Å². The van der Waals surface area contributed by atoms with E-state index in [0.717, 1.165) is 16.9 Å². The number of rotatable bonds is 5. The lowest BCUT2D eigenvalue weighted by molar-refractivity contribution is 0.298. The molecule has 1 atom stereocenters. The van der Waals surface area contributed by atoms with Crippen molar-refractivity contribution in [3.63, 3.8) is 0 Å². The van der Waals surface area contributed by atoms with Crippen molar-refractivity contribution in [2.75, 3.05) is 7.05 Å². The molecule has 2 rings (SSSR count). The molecule has 1 heterocycles. The first-order valence-electron chi connectivity index (χ1n) is 5.58. The third-order valence-corrected chi connectivity index (χ3v) is 2.70. The first-order valence-corrected chi connectivity index (χ1v) is 5.58. The number of nitrogens with zero attached hydrogens (tertiary/aromatic N) is 1. The molecule has 0 spiro atoms. The summed E-state index contributed by atoms with van der Waals surface area (Å²) in [6, 6.07) is 8.26. The van der Waals surface area contributed by atoms with Gasteiger partial charge in [-0.2, -0.15) is 0 Å². The molecule has 1 unspecified atom stereocenters. The van der Waals surface area contributed by atoms with Crippen LogP contribution in [-0.2, 0) is 6.61 Å². The van der Waals surface area contributed by atoms with Crippen LogP contribution >= 0.6 is 0 Å². The number of hydrogen-bond acceptors (Lipinski definition) is 4. The summed E-state index contributed by atoms with van der Waals surface area (Å²) in [4.78, 5) is 0. The van der Waals surface area contributed by atoms with Gasteiger partial charge in [0.2, 0.25) is 0 Å². The van der Waals surface area contributed by atoms with E-state index < -0.39 is 0 Å². The second-order valence-corrected chi connectivity index (χ2v) is 3.87. The Hall–Kier alpha value is -1.81. The van der Waals surface area contributed by atoms with Gasteiger partial charge in [0.15, 0.2) is 0 Å². The highest BCUT2D eigenvalue weighted by Crippen LogP contribution is 2.25. The number of para-hydroxylation sites is 1. The van der Waals surface area contributed by atoms with Crippen LogP contribution in [0.1, 0.15) is 24.1 Å². The van der Waals surface area contributed by atoms with Gasteiger partial charge in [0, 0.05) is 17.2 Å². The molecule has 4 heteroatoms. The summed E-state index contributed by atoms with van der Waals surface area (Å²) in [5, 5.41) is 6.84. The summed E-state index contributed by atoms with van der Waals surface area (Å²) < 4.78 is 10.5. The summed E-state index contributed by atoms with van der Waals surface area (Å²) in [5.74, 6) is 0.885. The molecule has 1 aromatic carbocycles. The Morgan fingerprint density at radius 1 is 1.41 bits per heavy atom. The lowest BCUT2D eigenvalue weighted by Gasteiger charge is -2.15. The molecular formula is C13H16N2O2. The highest BCUT2D eigenvalue weighted by molar-refractivity contribution is 5.35. The van der Waals surface area contributed by atoms with Crippen LogP contribution in [0.3, 0.4) is 0 Å². The number of benzene rings is 1. The number of aromatic nitrogens is 1. The summed E-state index contributed by atoms with van der Waals surface area (Å²) in [7, 11) is 1.93. The van der Waals surface area contributed by atoms with Gasteiger partial charge in [-0.15, -0.1) is 0 Å². The van der Waals surface area contributed by atoms with Gasteiger partial charge in [0.25, 0.3) is 0 Å². The first kappa shape index (κ1) is 11.7. The highest BCUT2D eigenvalue weighted by Gasteiger charge is 2.09. The normalized spacial score (nSPS) is 12.4. The average molecular weight is 232 g/mol. The minimum absolute atomic E-state index is 0.258. The molecule has 90 valence electrons. The lowest BCUT2D eigenvalue weighted by Crippen LogP contribution is -2.13. The van der Waals surface area contributed by atoms with Crippen molar-refractivity contribution in [3.05, 3.63) is 47.9 Å². The Labute approximate surface area is 101 Å². The Kier molecular flexibility index (Phi) is 3.77. The molecule has 0 saturated carbocycles. The average Bonchev–Trinajstić information content (AvgIpc) is 2.89. The maximum Gasteiger partial charge on any atom is 0.130 e. The zero-order valence-corrected chi connectivity index (χ0v) is 10.0. The lowest BCUT2D eigenvalue weighted by atomic mass is 10.1. The molecule has 1 aromatic heterocycles. The molecular weight excluding hydrogens is 216 g/mol. The van der Waals surface area contributed by atoms with Crippen LogP contribution in [0.2, 0.25) is 0 Å². The van der Waals surface area contributed by atoms with Gasteiger partial charge >= 0.3 is 0 Å². The SMILES string of the molecule is CNC(C)c1ccccc1OCc1cnoc1. The fourth-order valence-electron chi connectivity index (χ4n) is 1.58. The number of ether oxygens (including phenoxy) is 1. The van der Waals surface area contributed by atoms with Crippen molar-refractivity contribution in [3.8, 4) is 5.75 Å². The van der Waals surface area contributed by atoms with E-state index in [1.165, 1.54) is 0 Å². The molecule has 17 heavy (non-hydrogen) atoms. The van der Waals surface area contributed by atoms with Crippen LogP contribution in [0, 0.1) is 0 Å². The molecule has 0 amide bonds. The Balaban J connectivity index is 2.09. The minimum atomic E-state index is 0.258. The molecule has 0 fully saturated rings. The second kappa shape index (κ2) is 5.50. The Bertz CT molecular complexity index is 454. The quantitative estimate of drug-likeness (QED) is 0.860. The van der Waals surface area contributed by atoms with Crippen molar-refractivity contribution in [2.24, 2.45) is 0 Å². The van der Waals surface area contributed by atoms with Crippen molar-refractivity contribution in [1.29, 1.82) is 0 Å². The molecule has 4 nitrogen and oxygen atoms in total. The zero-order valence-electron chi connectivity index (χ0n) is 10.0. The fourth-order valence-corrected chi connectivity index (χ4v) is 1.58. The Morgan fingerprint density at radius 2 is 2.24 bits per heavy atom. The van der Waals surface area contributed by atoms with E-state index in [1.807, 2.05) is 25.2 Å². The van der Waals surface area contributed by atoms with E-state index in [-0.39, 0.29) is 6.04 Å². The van der Waals surface area contributed by atoms with Gasteiger partial charge in [0.1, 0.15) is 18.6 Å². The zero-order chi connectivity index (χ0) is 12.1. The van der Waals surface area contributed by atoms with Crippen LogP contribution < -0.4 is 10.1 Å². The summed E-state index contributed by atoms with van der Waals surface area (Å²) >= 11 is 0. The van der Waals surface area contributed by atoms with Crippen LogP contribution in [0.25, 0.3) is 0 Å². The summed E-state index contributed by atoms with van der Waals surface area (Å²) in [6.45, 7) is 2.57. The molecule has 1 N–H and O–H groups in total.